The highest BCUT2D eigenvalue weighted by Crippen LogP contribution is 2.10. The first-order valence-electron chi connectivity index (χ1n) is 6.13. The standard InChI is InChI=1S/C14H20ClNO3/c1-14(18,6-7-19-2)10-16-13(17)12-5-3-4-11(8-12)9-15/h3-5,8,18H,6-7,9-10H2,1-2H3,(H,16,17). The third-order valence-electron chi connectivity index (χ3n) is 2.82. The highest BCUT2D eigenvalue weighted by molar-refractivity contribution is 6.17. The van der Waals surface area contributed by atoms with Crippen LogP contribution < -0.4 is 5.32 Å². The summed E-state index contributed by atoms with van der Waals surface area (Å²) in [4.78, 5) is 11.9. The van der Waals surface area contributed by atoms with Crippen LogP contribution in [0, 0.1) is 0 Å². The molecule has 1 rings (SSSR count). The zero-order valence-electron chi connectivity index (χ0n) is 11.3. The quantitative estimate of drug-likeness (QED) is 0.753. The zero-order chi connectivity index (χ0) is 14.3. The molecule has 0 saturated carbocycles. The smallest absolute Gasteiger partial charge is 0.251 e. The number of carbonyl (C=O) groups excluding carboxylic acids is 1. The molecule has 0 spiro atoms. The third-order valence-corrected chi connectivity index (χ3v) is 3.13. The van der Waals surface area contributed by atoms with Crippen LogP contribution in [0.4, 0.5) is 0 Å². The van der Waals surface area contributed by atoms with Crippen LogP contribution in [0.15, 0.2) is 24.3 Å². The fraction of sp³-hybridized carbons (Fsp3) is 0.500. The Kier molecular flexibility index (Phi) is 6.28. The topological polar surface area (TPSA) is 58.6 Å². The van der Waals surface area contributed by atoms with Crippen molar-refractivity contribution in [2.45, 2.75) is 24.8 Å². The Morgan fingerprint density at radius 2 is 2.26 bits per heavy atom. The highest BCUT2D eigenvalue weighted by Gasteiger charge is 2.21. The van der Waals surface area contributed by atoms with E-state index in [1.165, 1.54) is 0 Å². The molecular weight excluding hydrogens is 266 g/mol. The maximum atomic E-state index is 11.9. The summed E-state index contributed by atoms with van der Waals surface area (Å²) in [6.45, 7) is 2.30. The van der Waals surface area contributed by atoms with Crippen LogP contribution >= 0.6 is 11.6 Å². The zero-order valence-corrected chi connectivity index (χ0v) is 12.0. The van der Waals surface area contributed by atoms with Gasteiger partial charge < -0.3 is 15.2 Å². The molecule has 0 saturated heterocycles. The van der Waals surface area contributed by atoms with Crippen molar-refractivity contribution < 1.29 is 14.6 Å². The molecule has 1 aromatic carbocycles. The van der Waals surface area contributed by atoms with Gasteiger partial charge in [-0.3, -0.25) is 4.79 Å². The molecule has 2 N–H and O–H groups in total. The molecule has 106 valence electrons. The summed E-state index contributed by atoms with van der Waals surface area (Å²) >= 11 is 5.72. The van der Waals surface area contributed by atoms with Crippen LogP contribution in [-0.4, -0.2) is 36.9 Å². The normalized spacial score (nSPS) is 13.9. The molecule has 1 unspecified atom stereocenters. The van der Waals surface area contributed by atoms with Gasteiger partial charge in [0.15, 0.2) is 0 Å². The Morgan fingerprint density at radius 3 is 2.89 bits per heavy atom. The minimum atomic E-state index is -0.976. The van der Waals surface area contributed by atoms with Crippen LogP contribution in [-0.2, 0) is 10.6 Å². The average molecular weight is 286 g/mol. The maximum absolute atomic E-state index is 11.9. The lowest BCUT2D eigenvalue weighted by atomic mass is 10.0. The van der Waals surface area contributed by atoms with Crippen LogP contribution in [0.3, 0.4) is 0 Å². The molecule has 0 aromatic heterocycles. The van der Waals surface area contributed by atoms with E-state index < -0.39 is 5.60 Å². The van der Waals surface area contributed by atoms with Crippen LogP contribution in [0.25, 0.3) is 0 Å². The Bertz CT molecular complexity index is 421. The van der Waals surface area contributed by atoms with Crippen molar-refractivity contribution in [3.63, 3.8) is 0 Å². The van der Waals surface area contributed by atoms with Gasteiger partial charge in [0, 0.05) is 38.1 Å². The number of methoxy groups -OCH3 is 1. The lowest BCUT2D eigenvalue weighted by molar-refractivity contribution is 0.0243. The number of hydrogen-bond acceptors (Lipinski definition) is 3. The van der Waals surface area contributed by atoms with Gasteiger partial charge >= 0.3 is 0 Å². The summed E-state index contributed by atoms with van der Waals surface area (Å²) in [6.07, 6.45) is 0.464. The number of rotatable bonds is 7. The second kappa shape index (κ2) is 7.48. The summed E-state index contributed by atoms with van der Waals surface area (Å²) in [6, 6.07) is 7.11. The molecule has 19 heavy (non-hydrogen) atoms. The van der Waals surface area contributed by atoms with E-state index in [1.807, 2.05) is 6.07 Å². The van der Waals surface area contributed by atoms with Gasteiger partial charge in [-0.25, -0.2) is 0 Å². The number of carbonyl (C=O) groups is 1. The van der Waals surface area contributed by atoms with Crippen molar-refractivity contribution in [3.8, 4) is 0 Å². The molecule has 0 aliphatic carbocycles. The summed E-state index contributed by atoms with van der Waals surface area (Å²) < 4.78 is 4.91. The molecule has 1 amide bonds. The summed E-state index contributed by atoms with van der Waals surface area (Å²) in [5, 5.41) is 12.7. The van der Waals surface area contributed by atoms with E-state index in [9.17, 15) is 9.90 Å². The van der Waals surface area contributed by atoms with Gasteiger partial charge in [0.25, 0.3) is 5.91 Å². The molecule has 0 aliphatic rings. The van der Waals surface area contributed by atoms with E-state index in [4.69, 9.17) is 16.3 Å². The molecule has 0 bridgehead atoms. The Labute approximate surface area is 118 Å². The second-order valence-electron chi connectivity index (χ2n) is 4.76. The number of nitrogens with one attached hydrogen (secondary N) is 1. The molecule has 0 radical (unpaired) electrons. The van der Waals surface area contributed by atoms with Crippen LogP contribution in [0.2, 0.25) is 0 Å². The van der Waals surface area contributed by atoms with E-state index in [-0.39, 0.29) is 12.5 Å². The van der Waals surface area contributed by atoms with Crippen molar-refractivity contribution in [1.82, 2.24) is 5.32 Å². The number of benzene rings is 1. The Hall–Kier alpha value is -1.10. The van der Waals surface area contributed by atoms with Gasteiger partial charge in [-0.1, -0.05) is 12.1 Å². The van der Waals surface area contributed by atoms with E-state index >= 15 is 0 Å². The average Bonchev–Trinajstić information content (AvgIpc) is 2.43. The number of aliphatic hydroxyl groups is 1. The summed E-state index contributed by atoms with van der Waals surface area (Å²) in [5.74, 6) is 0.150. The van der Waals surface area contributed by atoms with Gasteiger partial charge in [0.05, 0.1) is 5.60 Å². The van der Waals surface area contributed by atoms with Crippen molar-refractivity contribution in [2.75, 3.05) is 20.3 Å². The molecule has 0 fully saturated rings. The molecular formula is C14H20ClNO3. The van der Waals surface area contributed by atoms with Crippen molar-refractivity contribution in [2.24, 2.45) is 0 Å². The molecule has 0 aliphatic heterocycles. The molecule has 1 atom stereocenters. The third kappa shape index (κ3) is 5.59. The monoisotopic (exact) mass is 285 g/mol. The van der Waals surface area contributed by atoms with Crippen LogP contribution in [0.1, 0.15) is 29.3 Å². The maximum Gasteiger partial charge on any atom is 0.251 e. The molecule has 4 nitrogen and oxygen atoms in total. The number of ether oxygens (including phenoxy) is 1. The minimum Gasteiger partial charge on any atom is -0.388 e. The Balaban J connectivity index is 2.55. The van der Waals surface area contributed by atoms with E-state index in [2.05, 4.69) is 5.32 Å². The largest absolute Gasteiger partial charge is 0.388 e. The number of halogens is 1. The van der Waals surface area contributed by atoms with Gasteiger partial charge in [-0.05, 0) is 24.6 Å². The molecule has 1 aromatic rings. The van der Waals surface area contributed by atoms with E-state index in [0.717, 1.165) is 5.56 Å². The van der Waals surface area contributed by atoms with Crippen molar-refractivity contribution >= 4 is 17.5 Å². The fourth-order valence-electron chi connectivity index (χ4n) is 1.58. The lowest BCUT2D eigenvalue weighted by Gasteiger charge is -2.23. The van der Waals surface area contributed by atoms with Gasteiger partial charge in [0.1, 0.15) is 0 Å². The summed E-state index contributed by atoms with van der Waals surface area (Å²) in [5.41, 5.74) is 0.455. The highest BCUT2D eigenvalue weighted by atomic mass is 35.5. The Morgan fingerprint density at radius 1 is 1.53 bits per heavy atom. The summed E-state index contributed by atoms with van der Waals surface area (Å²) in [7, 11) is 1.58. The SMILES string of the molecule is COCCC(C)(O)CNC(=O)c1cccc(CCl)c1. The predicted molar refractivity (Wildman–Crippen MR) is 75.4 cm³/mol. The molecule has 0 heterocycles. The second-order valence-corrected chi connectivity index (χ2v) is 5.02. The minimum absolute atomic E-state index is 0.181. The molecule has 5 heteroatoms. The first kappa shape index (κ1) is 16.0. The number of alkyl halides is 1. The number of amides is 1. The first-order valence-corrected chi connectivity index (χ1v) is 6.66. The van der Waals surface area contributed by atoms with Gasteiger partial charge in [0.2, 0.25) is 0 Å². The van der Waals surface area contributed by atoms with Crippen LogP contribution in [0.5, 0.6) is 0 Å². The van der Waals surface area contributed by atoms with Gasteiger partial charge in [-0.15, -0.1) is 11.6 Å². The predicted octanol–water partition coefficient (Wildman–Crippen LogP) is 1.94. The lowest BCUT2D eigenvalue weighted by Crippen LogP contribution is -2.41. The first-order chi connectivity index (χ1) is 8.98. The van der Waals surface area contributed by atoms with E-state index in [0.29, 0.717) is 24.5 Å². The van der Waals surface area contributed by atoms with Gasteiger partial charge in [-0.2, -0.15) is 0 Å². The number of hydrogen-bond donors (Lipinski definition) is 2. The fourth-order valence-corrected chi connectivity index (χ4v) is 1.75. The van der Waals surface area contributed by atoms with E-state index in [1.54, 1.807) is 32.2 Å². The van der Waals surface area contributed by atoms with Crippen molar-refractivity contribution in [1.29, 1.82) is 0 Å². The van der Waals surface area contributed by atoms with Crippen molar-refractivity contribution in [3.05, 3.63) is 35.4 Å².